The summed E-state index contributed by atoms with van der Waals surface area (Å²) in [5.74, 6) is -1.62. The Hall–Kier alpha value is -2.55. The fourth-order valence-electron chi connectivity index (χ4n) is 2.57. The Morgan fingerprint density at radius 2 is 1.70 bits per heavy atom. The molecule has 0 N–H and O–H groups in total. The van der Waals surface area contributed by atoms with Gasteiger partial charge in [-0.15, -0.1) is 0 Å². The normalized spacial score (nSPS) is 12.3. The van der Waals surface area contributed by atoms with E-state index in [4.69, 9.17) is 9.57 Å². The van der Waals surface area contributed by atoms with Gasteiger partial charge in [0.25, 0.3) is 5.91 Å². The lowest BCUT2D eigenvalue weighted by molar-refractivity contribution is -0.138. The number of carbonyl (C=O) groups excluding carboxylic acids is 2. The average molecular weight is 386 g/mol. The summed E-state index contributed by atoms with van der Waals surface area (Å²) in [5, 5.41) is 1.26. The van der Waals surface area contributed by atoms with Gasteiger partial charge in [0.1, 0.15) is 11.3 Å². The summed E-state index contributed by atoms with van der Waals surface area (Å²) in [6.07, 6.45) is -4.77. The minimum Gasteiger partial charge on any atom is -0.456 e. The first-order chi connectivity index (χ1) is 12.3. The van der Waals surface area contributed by atoms with E-state index in [9.17, 15) is 22.8 Å². The van der Waals surface area contributed by atoms with Crippen molar-refractivity contribution in [3.8, 4) is 0 Å². The molecule has 0 radical (unpaired) electrons. The van der Waals surface area contributed by atoms with Crippen LogP contribution < -0.4 is 0 Å². The third kappa shape index (κ3) is 4.24. The summed E-state index contributed by atoms with van der Waals surface area (Å²) in [5.41, 5.74) is -2.40. The molecule has 2 rings (SSSR count). The van der Waals surface area contributed by atoms with Crippen molar-refractivity contribution in [2.24, 2.45) is 7.05 Å². The first kappa shape index (κ1) is 20.8. The lowest BCUT2D eigenvalue weighted by Gasteiger charge is -2.21. The number of amides is 1. The number of aromatic nitrogens is 1. The van der Waals surface area contributed by atoms with E-state index in [2.05, 4.69) is 0 Å². The number of benzene rings is 1. The molecule has 0 spiro atoms. The van der Waals surface area contributed by atoms with Gasteiger partial charge in [0.05, 0.1) is 18.2 Å². The van der Waals surface area contributed by atoms with Crippen molar-refractivity contribution in [1.29, 1.82) is 0 Å². The van der Waals surface area contributed by atoms with E-state index in [-0.39, 0.29) is 11.2 Å². The number of aryl methyl sites for hydroxylation is 1. The van der Waals surface area contributed by atoms with Crippen molar-refractivity contribution in [1.82, 2.24) is 9.63 Å². The van der Waals surface area contributed by atoms with Gasteiger partial charge >= 0.3 is 12.1 Å². The summed E-state index contributed by atoms with van der Waals surface area (Å²) in [4.78, 5) is 29.5. The number of ether oxygens (including phenoxy) is 1. The zero-order chi connectivity index (χ0) is 20.7. The number of halogens is 3. The van der Waals surface area contributed by atoms with Crippen LogP contribution >= 0.6 is 0 Å². The molecule has 0 saturated heterocycles. The zero-order valence-electron chi connectivity index (χ0n) is 15.9. The summed E-state index contributed by atoms with van der Waals surface area (Å²) in [6, 6.07) is 3.34. The standard InChI is InChI=1S/C18H21F3N2O4/c1-17(2,3)27-16(25)11-7-10-8-14(15(24)23(5)26-6)22(4)13(10)9-12(11)18(19,20)21/h7-9H,1-6H3. The molecule has 27 heavy (non-hydrogen) atoms. The Morgan fingerprint density at radius 3 is 2.19 bits per heavy atom. The molecule has 2 aromatic rings. The van der Waals surface area contributed by atoms with Gasteiger partial charge in [-0.25, -0.2) is 9.86 Å². The number of nitrogens with zero attached hydrogens (tertiary/aromatic N) is 2. The predicted octanol–water partition coefficient (Wildman–Crippen LogP) is 3.79. The van der Waals surface area contributed by atoms with Crippen molar-refractivity contribution in [2.75, 3.05) is 14.2 Å². The first-order valence-corrected chi connectivity index (χ1v) is 8.02. The molecule has 0 atom stereocenters. The third-order valence-corrected chi connectivity index (χ3v) is 3.88. The Labute approximate surface area is 154 Å². The van der Waals surface area contributed by atoms with Crippen molar-refractivity contribution < 1.29 is 32.3 Å². The molecule has 6 nitrogen and oxygen atoms in total. The van der Waals surface area contributed by atoms with Gasteiger partial charge in [-0.05, 0) is 39.0 Å². The molecule has 1 heterocycles. The van der Waals surface area contributed by atoms with E-state index in [0.29, 0.717) is 5.39 Å². The Balaban J connectivity index is 2.70. The molecular weight excluding hydrogens is 365 g/mol. The number of esters is 1. The maximum Gasteiger partial charge on any atom is 0.417 e. The first-order valence-electron chi connectivity index (χ1n) is 8.02. The van der Waals surface area contributed by atoms with Gasteiger partial charge in [-0.1, -0.05) is 0 Å². The second-order valence-electron chi connectivity index (χ2n) is 7.03. The van der Waals surface area contributed by atoms with Crippen molar-refractivity contribution in [3.63, 3.8) is 0 Å². The number of hydroxylamine groups is 2. The predicted molar refractivity (Wildman–Crippen MR) is 92.2 cm³/mol. The van der Waals surface area contributed by atoms with Crippen LogP contribution in [-0.4, -0.2) is 41.3 Å². The van der Waals surface area contributed by atoms with Crippen LogP contribution in [0.3, 0.4) is 0 Å². The Morgan fingerprint density at radius 1 is 1.11 bits per heavy atom. The summed E-state index contributed by atoms with van der Waals surface area (Å²) in [6.45, 7) is 4.70. The molecule has 9 heteroatoms. The van der Waals surface area contributed by atoms with Gasteiger partial charge in [0.2, 0.25) is 0 Å². The van der Waals surface area contributed by atoms with E-state index in [1.165, 1.54) is 31.8 Å². The molecule has 0 unspecified atom stereocenters. The number of fused-ring (bicyclic) bond motifs is 1. The minimum absolute atomic E-state index is 0.115. The molecule has 0 aliphatic heterocycles. The zero-order valence-corrected chi connectivity index (χ0v) is 15.9. The van der Waals surface area contributed by atoms with Gasteiger partial charge in [-0.3, -0.25) is 9.63 Å². The number of hydrogen-bond acceptors (Lipinski definition) is 4. The summed E-state index contributed by atoms with van der Waals surface area (Å²) in [7, 11) is 4.14. The second kappa shape index (κ2) is 6.88. The van der Waals surface area contributed by atoms with Crippen LogP contribution in [-0.2, 0) is 22.8 Å². The van der Waals surface area contributed by atoms with E-state index in [1.54, 1.807) is 20.8 Å². The van der Waals surface area contributed by atoms with Gasteiger partial charge < -0.3 is 9.30 Å². The quantitative estimate of drug-likeness (QED) is 0.595. The van der Waals surface area contributed by atoms with E-state index >= 15 is 0 Å². The molecule has 148 valence electrons. The highest BCUT2D eigenvalue weighted by Gasteiger charge is 2.37. The number of rotatable bonds is 3. The maximum atomic E-state index is 13.5. The maximum absolute atomic E-state index is 13.5. The fourth-order valence-corrected chi connectivity index (χ4v) is 2.57. The lowest BCUT2D eigenvalue weighted by atomic mass is 10.0. The second-order valence-corrected chi connectivity index (χ2v) is 7.03. The lowest BCUT2D eigenvalue weighted by Crippen LogP contribution is -2.27. The van der Waals surface area contributed by atoms with Crippen LogP contribution in [0.5, 0.6) is 0 Å². The summed E-state index contributed by atoms with van der Waals surface area (Å²) < 4.78 is 47.0. The van der Waals surface area contributed by atoms with Crippen LogP contribution in [0, 0.1) is 0 Å². The van der Waals surface area contributed by atoms with E-state index < -0.39 is 34.8 Å². The fraction of sp³-hybridized carbons (Fsp3) is 0.444. The molecule has 0 aliphatic rings. The van der Waals surface area contributed by atoms with Crippen LogP contribution in [0.15, 0.2) is 18.2 Å². The van der Waals surface area contributed by atoms with Crippen molar-refractivity contribution in [3.05, 3.63) is 35.0 Å². The van der Waals surface area contributed by atoms with Crippen LogP contribution in [0.25, 0.3) is 10.9 Å². The highest BCUT2D eigenvalue weighted by Crippen LogP contribution is 2.36. The van der Waals surface area contributed by atoms with Crippen molar-refractivity contribution in [2.45, 2.75) is 32.5 Å². The summed E-state index contributed by atoms with van der Waals surface area (Å²) >= 11 is 0. The minimum atomic E-state index is -4.77. The topological polar surface area (TPSA) is 60.8 Å². The highest BCUT2D eigenvalue weighted by atomic mass is 19.4. The monoisotopic (exact) mass is 386 g/mol. The molecule has 0 saturated carbocycles. The third-order valence-electron chi connectivity index (χ3n) is 3.88. The van der Waals surface area contributed by atoms with Crippen LogP contribution in [0.2, 0.25) is 0 Å². The molecule has 0 bridgehead atoms. The van der Waals surface area contributed by atoms with E-state index in [1.807, 2.05) is 0 Å². The largest absolute Gasteiger partial charge is 0.456 e. The Kier molecular flexibility index (Phi) is 5.29. The van der Waals surface area contributed by atoms with Gasteiger partial charge in [0, 0.05) is 25.0 Å². The smallest absolute Gasteiger partial charge is 0.417 e. The molecule has 1 aromatic carbocycles. The highest BCUT2D eigenvalue weighted by molar-refractivity contribution is 6.01. The van der Waals surface area contributed by atoms with Gasteiger partial charge in [0.15, 0.2) is 0 Å². The average Bonchev–Trinajstić information content (AvgIpc) is 2.86. The Bertz CT molecular complexity index is 895. The number of hydrogen-bond donors (Lipinski definition) is 0. The number of alkyl halides is 3. The molecular formula is C18H21F3N2O4. The molecule has 0 fully saturated rings. The van der Waals surface area contributed by atoms with E-state index in [0.717, 1.165) is 17.2 Å². The molecule has 1 aromatic heterocycles. The van der Waals surface area contributed by atoms with Crippen molar-refractivity contribution >= 4 is 22.8 Å². The molecule has 1 amide bonds. The van der Waals surface area contributed by atoms with Crippen LogP contribution in [0.1, 0.15) is 47.2 Å². The number of carbonyl (C=O) groups is 2. The molecule has 0 aliphatic carbocycles. The van der Waals surface area contributed by atoms with Gasteiger partial charge in [-0.2, -0.15) is 13.2 Å². The SMILES string of the molecule is CON(C)C(=O)c1cc2cc(C(=O)OC(C)(C)C)c(C(F)(F)F)cc2n1C. The van der Waals surface area contributed by atoms with Crippen LogP contribution in [0.4, 0.5) is 13.2 Å².